The first-order valence-corrected chi connectivity index (χ1v) is 5.89. The molecule has 1 heterocycles. The molecule has 1 aromatic heterocycles. The van der Waals surface area contributed by atoms with Gasteiger partial charge in [-0.05, 0) is 24.6 Å². The fourth-order valence-electron chi connectivity index (χ4n) is 2.06. The van der Waals surface area contributed by atoms with E-state index in [0.717, 1.165) is 23.1 Å². The molecule has 0 bridgehead atoms. The van der Waals surface area contributed by atoms with Crippen LogP contribution in [0, 0.1) is 0 Å². The van der Waals surface area contributed by atoms with Gasteiger partial charge in [-0.1, -0.05) is 13.0 Å². The summed E-state index contributed by atoms with van der Waals surface area (Å²) in [6.07, 6.45) is 3.49. The quantitative estimate of drug-likeness (QED) is 0.792. The maximum absolute atomic E-state index is 11.7. The highest BCUT2D eigenvalue weighted by Gasteiger charge is 2.08. The Hall–Kier alpha value is -1.77. The number of carbonyl (C=O) groups is 1. The van der Waals surface area contributed by atoms with E-state index in [9.17, 15) is 4.79 Å². The number of fused-ring (bicyclic) bond motifs is 1. The molecule has 0 unspecified atom stereocenters. The molecule has 0 N–H and O–H groups in total. The smallest absolute Gasteiger partial charge is 0.152 e. The van der Waals surface area contributed by atoms with Crippen molar-refractivity contribution in [2.45, 2.75) is 26.3 Å². The standard InChI is InChI=1S/C14H17NO2/c1-3-5-11(16)10-15-9-8-12-13(15)6-4-7-14(12)17-2/h4,6-9H,3,5,10H2,1-2H3. The summed E-state index contributed by atoms with van der Waals surface area (Å²) >= 11 is 0. The molecule has 0 aliphatic rings. The molecule has 0 aliphatic heterocycles. The molecule has 17 heavy (non-hydrogen) atoms. The number of aromatic nitrogens is 1. The van der Waals surface area contributed by atoms with Crippen molar-refractivity contribution in [3.63, 3.8) is 0 Å². The van der Waals surface area contributed by atoms with Crippen LogP contribution in [-0.2, 0) is 11.3 Å². The highest BCUT2D eigenvalue weighted by atomic mass is 16.5. The third kappa shape index (κ3) is 2.33. The van der Waals surface area contributed by atoms with E-state index in [-0.39, 0.29) is 5.78 Å². The van der Waals surface area contributed by atoms with Gasteiger partial charge in [-0.15, -0.1) is 0 Å². The lowest BCUT2D eigenvalue weighted by molar-refractivity contribution is -0.119. The molecule has 3 nitrogen and oxygen atoms in total. The number of hydrogen-bond acceptors (Lipinski definition) is 2. The second-order valence-corrected chi connectivity index (χ2v) is 4.13. The Morgan fingerprint density at radius 1 is 1.35 bits per heavy atom. The Kier molecular flexibility index (Phi) is 3.47. The fraction of sp³-hybridized carbons (Fsp3) is 0.357. The van der Waals surface area contributed by atoms with E-state index < -0.39 is 0 Å². The largest absolute Gasteiger partial charge is 0.496 e. The van der Waals surface area contributed by atoms with Crippen molar-refractivity contribution in [2.24, 2.45) is 0 Å². The molecule has 0 radical (unpaired) electrons. The van der Waals surface area contributed by atoms with Crippen LogP contribution in [0.5, 0.6) is 5.75 Å². The zero-order chi connectivity index (χ0) is 12.3. The van der Waals surface area contributed by atoms with Gasteiger partial charge in [0.05, 0.1) is 19.2 Å². The molecule has 0 saturated carbocycles. The first-order valence-electron chi connectivity index (χ1n) is 5.89. The molecule has 1 aromatic carbocycles. The molecule has 0 aliphatic carbocycles. The predicted octanol–water partition coefficient (Wildman–Crippen LogP) is 3.02. The zero-order valence-corrected chi connectivity index (χ0v) is 10.3. The lowest BCUT2D eigenvalue weighted by Gasteiger charge is -2.05. The van der Waals surface area contributed by atoms with Gasteiger partial charge in [0.25, 0.3) is 0 Å². The molecule has 2 aromatic rings. The first-order chi connectivity index (χ1) is 8.26. The van der Waals surface area contributed by atoms with Crippen molar-refractivity contribution in [3.05, 3.63) is 30.5 Å². The van der Waals surface area contributed by atoms with Gasteiger partial charge in [0.1, 0.15) is 5.75 Å². The van der Waals surface area contributed by atoms with Crippen molar-refractivity contribution >= 4 is 16.7 Å². The van der Waals surface area contributed by atoms with Crippen molar-refractivity contribution in [3.8, 4) is 5.75 Å². The van der Waals surface area contributed by atoms with Gasteiger partial charge in [-0.25, -0.2) is 0 Å². The minimum atomic E-state index is 0.271. The summed E-state index contributed by atoms with van der Waals surface area (Å²) in [6, 6.07) is 7.88. The number of rotatable bonds is 5. The fourth-order valence-corrected chi connectivity index (χ4v) is 2.06. The van der Waals surface area contributed by atoms with Crippen molar-refractivity contribution in [1.82, 2.24) is 4.57 Å². The number of hydrogen-bond donors (Lipinski definition) is 0. The highest BCUT2D eigenvalue weighted by Crippen LogP contribution is 2.26. The molecule has 90 valence electrons. The van der Waals surface area contributed by atoms with Crippen LogP contribution in [0.2, 0.25) is 0 Å². The van der Waals surface area contributed by atoms with Crippen LogP contribution in [-0.4, -0.2) is 17.5 Å². The van der Waals surface area contributed by atoms with Crippen molar-refractivity contribution < 1.29 is 9.53 Å². The number of ketones is 1. The second-order valence-electron chi connectivity index (χ2n) is 4.13. The van der Waals surface area contributed by atoms with Crippen LogP contribution in [0.25, 0.3) is 10.9 Å². The Morgan fingerprint density at radius 2 is 2.18 bits per heavy atom. The highest BCUT2D eigenvalue weighted by molar-refractivity contribution is 5.88. The molecule has 0 amide bonds. The SMILES string of the molecule is CCCC(=O)Cn1ccc2c(OC)cccc21. The molecule has 2 rings (SSSR count). The van der Waals surface area contributed by atoms with Crippen LogP contribution in [0.3, 0.4) is 0 Å². The molecule has 0 atom stereocenters. The van der Waals surface area contributed by atoms with Crippen molar-refractivity contribution in [2.75, 3.05) is 7.11 Å². The average molecular weight is 231 g/mol. The van der Waals surface area contributed by atoms with E-state index in [1.165, 1.54) is 0 Å². The maximum Gasteiger partial charge on any atom is 0.152 e. The van der Waals surface area contributed by atoms with Crippen LogP contribution >= 0.6 is 0 Å². The Balaban J connectivity index is 2.33. The van der Waals surface area contributed by atoms with Crippen LogP contribution in [0.15, 0.2) is 30.5 Å². The monoisotopic (exact) mass is 231 g/mol. The Labute approximate surface area is 101 Å². The number of methoxy groups -OCH3 is 1. The summed E-state index contributed by atoms with van der Waals surface area (Å²) in [4.78, 5) is 11.7. The Morgan fingerprint density at radius 3 is 2.88 bits per heavy atom. The topological polar surface area (TPSA) is 31.2 Å². The maximum atomic E-state index is 11.7. The lowest BCUT2D eigenvalue weighted by Crippen LogP contribution is -2.08. The molecule has 0 saturated heterocycles. The van der Waals surface area contributed by atoms with Crippen LogP contribution in [0.4, 0.5) is 0 Å². The number of nitrogens with zero attached hydrogens (tertiary/aromatic N) is 1. The van der Waals surface area contributed by atoms with E-state index in [1.807, 2.05) is 42.0 Å². The second kappa shape index (κ2) is 5.04. The molecular formula is C14H17NO2. The number of benzene rings is 1. The van der Waals surface area contributed by atoms with Gasteiger partial charge >= 0.3 is 0 Å². The van der Waals surface area contributed by atoms with Gasteiger partial charge in [-0.2, -0.15) is 0 Å². The summed E-state index contributed by atoms with van der Waals surface area (Å²) in [5, 5.41) is 1.05. The molecule has 3 heteroatoms. The number of Topliss-reactive ketones (excluding diaryl/α,β-unsaturated/α-hetero) is 1. The zero-order valence-electron chi connectivity index (χ0n) is 10.3. The number of ether oxygens (including phenoxy) is 1. The third-order valence-corrected chi connectivity index (χ3v) is 2.87. The van der Waals surface area contributed by atoms with Gasteiger partial charge in [0, 0.05) is 18.0 Å². The van der Waals surface area contributed by atoms with Crippen LogP contribution < -0.4 is 4.74 Å². The summed E-state index contributed by atoms with van der Waals surface area (Å²) < 4.78 is 7.28. The molecule has 0 fully saturated rings. The van der Waals surface area contributed by atoms with E-state index in [0.29, 0.717) is 13.0 Å². The lowest BCUT2D eigenvalue weighted by atomic mass is 10.2. The van der Waals surface area contributed by atoms with Gasteiger partial charge in [0.2, 0.25) is 0 Å². The van der Waals surface area contributed by atoms with Gasteiger partial charge in [0.15, 0.2) is 5.78 Å². The Bertz CT molecular complexity index is 528. The summed E-state index contributed by atoms with van der Waals surface area (Å²) in [7, 11) is 1.66. The molecule has 0 spiro atoms. The number of carbonyl (C=O) groups excluding carboxylic acids is 1. The van der Waals surface area contributed by atoms with Crippen molar-refractivity contribution in [1.29, 1.82) is 0 Å². The average Bonchev–Trinajstić information content (AvgIpc) is 2.73. The summed E-state index contributed by atoms with van der Waals surface area (Å²) in [6.45, 7) is 2.47. The third-order valence-electron chi connectivity index (χ3n) is 2.87. The summed E-state index contributed by atoms with van der Waals surface area (Å²) in [5.74, 6) is 1.12. The van der Waals surface area contributed by atoms with E-state index in [4.69, 9.17) is 4.74 Å². The predicted molar refractivity (Wildman–Crippen MR) is 68.4 cm³/mol. The minimum absolute atomic E-state index is 0.271. The minimum Gasteiger partial charge on any atom is -0.496 e. The normalized spacial score (nSPS) is 10.7. The van der Waals surface area contributed by atoms with Gasteiger partial charge < -0.3 is 9.30 Å². The first kappa shape index (κ1) is 11.7. The van der Waals surface area contributed by atoms with Crippen LogP contribution in [0.1, 0.15) is 19.8 Å². The van der Waals surface area contributed by atoms with E-state index >= 15 is 0 Å². The van der Waals surface area contributed by atoms with Gasteiger partial charge in [-0.3, -0.25) is 4.79 Å². The summed E-state index contributed by atoms with van der Waals surface area (Å²) in [5.41, 5.74) is 1.05. The molecular weight excluding hydrogens is 214 g/mol. The van der Waals surface area contributed by atoms with E-state index in [2.05, 4.69) is 0 Å². The van der Waals surface area contributed by atoms with E-state index in [1.54, 1.807) is 7.11 Å².